The zero-order chi connectivity index (χ0) is 61.9. The molecule has 1 aromatic carbocycles. The molecule has 8 heterocycles. The molecule has 18 aliphatic rings. The van der Waals surface area contributed by atoms with Gasteiger partial charge in [-0.15, -0.1) is 0 Å². The van der Waals surface area contributed by atoms with Crippen LogP contribution in [0.3, 0.4) is 0 Å². The number of epoxide rings is 1. The Morgan fingerprint density at radius 2 is 1.66 bits per heavy atom. The van der Waals surface area contributed by atoms with Gasteiger partial charge >= 0.3 is 11.9 Å². The first-order chi connectivity index (χ1) is 44.7. The lowest BCUT2D eigenvalue weighted by Crippen LogP contribution is -2.82. The number of benzene rings is 1. The minimum Gasteiger partial charge on any atom is -0.469 e. The third-order valence-corrected chi connectivity index (χ3v) is 33.4. The molecule has 0 radical (unpaired) electrons. The molecule has 0 amide bonds. The fraction of sp³-hybridized carbons (Fsp3) is 0.785. The van der Waals surface area contributed by atoms with E-state index in [2.05, 4.69) is 72.7 Å². The van der Waals surface area contributed by atoms with Gasteiger partial charge in [-0.1, -0.05) is 101 Å². The van der Waals surface area contributed by atoms with Gasteiger partial charge in [-0.2, -0.15) is 0 Å². The van der Waals surface area contributed by atoms with Crippen molar-refractivity contribution in [3.63, 3.8) is 0 Å². The van der Waals surface area contributed by atoms with Gasteiger partial charge in [0.15, 0.2) is 11.9 Å². The van der Waals surface area contributed by atoms with Crippen LogP contribution in [0, 0.1) is 121 Å². The van der Waals surface area contributed by atoms with Gasteiger partial charge in [0.1, 0.15) is 35.8 Å². The number of aliphatic hydroxyl groups excluding tert-OH is 3. The third kappa shape index (κ3) is 6.89. The van der Waals surface area contributed by atoms with Crippen molar-refractivity contribution in [2.75, 3.05) is 26.4 Å². The van der Waals surface area contributed by atoms with E-state index in [9.17, 15) is 10.2 Å². The van der Waals surface area contributed by atoms with Crippen molar-refractivity contribution < 1.29 is 53.1 Å². The maximum absolute atomic E-state index is 18.0. The standard InChI is InChI=1S/C79H102N2O11/c1-44-54-17-7-6-15-47(54)20-27-73(44)25-11-26-76-61(73)34-52-33-53-38-72(23-8-9-24-72)41-74(53)37-50-36-71(2)67(56-22-29-88-60(56)35-57(59(83)40-82)48-18-19-55-49(32-48)21-28-81-43-80-39-58(55)81)90-70(87)68-79(71,91-68)77(51-16-10-14-46(31-51)30-45-12-4-3-5-13-45)63(50)75(64(76)62(84)66(77)85)42-89-69(86)65(74)78(52,75)92-76/h3-5,12-13,21-22,28-29,34,44,46-51,53-55,57-59,61,63-68,80,82-83,85H,6-11,14-20,23-27,30-33,35-43H2,1-2H3. The van der Waals surface area contributed by atoms with Gasteiger partial charge < -0.3 is 43.6 Å². The number of rotatable bonds is 9. The Morgan fingerprint density at radius 1 is 0.804 bits per heavy atom. The van der Waals surface area contributed by atoms with Gasteiger partial charge in [-0.3, -0.25) is 14.9 Å². The Kier molecular flexibility index (Phi) is 12.5. The van der Waals surface area contributed by atoms with Gasteiger partial charge in [0, 0.05) is 41.3 Å². The number of hydrogen-bond acceptors (Lipinski definition) is 13. The molecule has 7 aliphatic heterocycles. The highest BCUT2D eigenvalue weighted by atomic mass is 16.7. The van der Waals surface area contributed by atoms with Gasteiger partial charge in [0.05, 0.1) is 48.5 Å². The average Bonchev–Trinajstić information content (AvgIpc) is 1.41. The summed E-state index contributed by atoms with van der Waals surface area (Å²) in [5, 5.41) is 41.8. The molecule has 11 aliphatic carbocycles. The fourth-order valence-corrected chi connectivity index (χ4v) is 31.0. The SMILES string of the molecule is CC1C2CCCCC2CCC12CCCC13OC45C(=CC21)CC1CC2(CCCC2)CC12CC1CC6(C)C(c7ccoc7CC(C(O)CO)C7CCC8C(C=CN9CNCC89)C7)OC(=O)C7OC76C6(C7CCCC(Cc8ccccc8)C7)C(O)C(=O)C3C4(COC(=O)C25)C16. The summed E-state index contributed by atoms with van der Waals surface area (Å²) in [6.45, 7) is 6.49. The first-order valence-electron chi connectivity index (χ1n) is 37.9. The molecule has 4 N–H and O–H groups in total. The van der Waals surface area contributed by atoms with Gasteiger partial charge in [0.2, 0.25) is 0 Å². The number of allylic oxidation sites excluding steroid dienone is 1. The monoisotopic (exact) mass is 1250 g/mol. The Bertz CT molecular complexity index is 3450. The van der Waals surface area contributed by atoms with Gasteiger partial charge in [0.25, 0.3) is 0 Å². The van der Waals surface area contributed by atoms with Crippen LogP contribution in [0.4, 0.5) is 0 Å². The quantitative estimate of drug-likeness (QED) is 0.106. The van der Waals surface area contributed by atoms with Gasteiger partial charge in [-0.05, 0) is 233 Å². The number of carbonyl (C=O) groups is 3. The lowest BCUT2D eigenvalue weighted by atomic mass is 9.29. The predicted octanol–water partition coefficient (Wildman–Crippen LogP) is 11.9. The molecule has 5 bridgehead atoms. The summed E-state index contributed by atoms with van der Waals surface area (Å²) in [5.41, 5.74) is -3.84. The number of furan rings is 1. The number of hydrogen-bond donors (Lipinski definition) is 4. The van der Waals surface area contributed by atoms with Crippen LogP contribution in [-0.4, -0.2) is 106 Å². The van der Waals surface area contributed by atoms with E-state index in [0.29, 0.717) is 48.3 Å². The maximum atomic E-state index is 18.0. The van der Waals surface area contributed by atoms with Crippen LogP contribution in [0.15, 0.2) is 71.0 Å². The number of fused-ring (bicyclic) bond motifs is 5. The molecule has 5 saturated heterocycles. The smallest absolute Gasteiger partial charge is 0.339 e. The molecule has 1 aromatic heterocycles. The number of carbonyl (C=O) groups excluding carboxylic acids is 3. The molecular formula is C79H102N2O11. The Balaban J connectivity index is 0.788. The molecule has 92 heavy (non-hydrogen) atoms. The Hall–Kier alpha value is -3.85. The van der Waals surface area contributed by atoms with Crippen molar-refractivity contribution >= 4 is 17.7 Å². The summed E-state index contributed by atoms with van der Waals surface area (Å²) in [6.07, 6.45) is 31.8. The van der Waals surface area contributed by atoms with Crippen LogP contribution in [0.5, 0.6) is 0 Å². The zero-order valence-electron chi connectivity index (χ0n) is 54.8. The number of aliphatic hydroxyl groups is 3. The summed E-state index contributed by atoms with van der Waals surface area (Å²) < 4.78 is 37.9. The zero-order valence-corrected chi connectivity index (χ0v) is 54.8. The first-order valence-corrected chi connectivity index (χ1v) is 37.9. The van der Waals surface area contributed by atoms with Crippen LogP contribution >= 0.6 is 0 Å². The van der Waals surface area contributed by atoms with Crippen LogP contribution in [0.2, 0.25) is 0 Å². The van der Waals surface area contributed by atoms with E-state index >= 15 is 19.5 Å². The summed E-state index contributed by atoms with van der Waals surface area (Å²) >= 11 is 0. The molecule has 13 heteroatoms. The molecule has 2 aromatic rings. The topological polar surface area (TPSA) is 181 Å². The molecule has 28 unspecified atom stereocenters. The lowest BCUT2D eigenvalue weighted by molar-refractivity contribution is -0.301. The summed E-state index contributed by atoms with van der Waals surface area (Å²) in [4.78, 5) is 52.8. The van der Waals surface area contributed by atoms with Crippen LogP contribution < -0.4 is 5.32 Å². The number of esters is 2. The normalized spacial score (nSPS) is 52.9. The molecule has 11 saturated carbocycles. The van der Waals surface area contributed by atoms with E-state index in [1.165, 1.54) is 68.9 Å². The van der Waals surface area contributed by atoms with Crippen molar-refractivity contribution in [1.82, 2.24) is 10.2 Å². The number of nitrogens with one attached hydrogen (secondary N) is 1. The van der Waals surface area contributed by atoms with Crippen molar-refractivity contribution in [3.05, 3.63) is 83.5 Å². The molecule has 13 nitrogen and oxygen atoms in total. The molecule has 28 atom stereocenters. The largest absolute Gasteiger partial charge is 0.469 e. The summed E-state index contributed by atoms with van der Waals surface area (Å²) in [7, 11) is 0. The van der Waals surface area contributed by atoms with Crippen molar-refractivity contribution in [3.8, 4) is 0 Å². The van der Waals surface area contributed by atoms with E-state index in [0.717, 1.165) is 127 Å². The maximum Gasteiger partial charge on any atom is 0.339 e. The third-order valence-electron chi connectivity index (χ3n) is 33.4. The second-order valence-electron chi connectivity index (χ2n) is 35.9. The minimum absolute atomic E-state index is 0.0333. The highest BCUT2D eigenvalue weighted by molar-refractivity contribution is 5.94. The minimum atomic E-state index is -1.49. The molecule has 494 valence electrons. The van der Waals surface area contributed by atoms with E-state index in [-0.39, 0.29) is 83.1 Å². The van der Waals surface area contributed by atoms with E-state index in [4.69, 9.17) is 23.4 Å². The van der Waals surface area contributed by atoms with Gasteiger partial charge in [-0.25, -0.2) is 4.79 Å². The Morgan fingerprint density at radius 3 is 2.52 bits per heavy atom. The van der Waals surface area contributed by atoms with Crippen molar-refractivity contribution in [1.29, 1.82) is 0 Å². The first kappa shape index (κ1) is 58.3. The second-order valence-corrected chi connectivity index (χ2v) is 35.9. The Labute approximate surface area is 544 Å². The number of nitrogens with zero attached hydrogens (tertiary/aromatic N) is 1. The highest BCUT2D eigenvalue weighted by Crippen LogP contribution is 2.92. The molecule has 20 rings (SSSR count). The van der Waals surface area contributed by atoms with E-state index in [1.807, 2.05) is 6.07 Å². The van der Waals surface area contributed by atoms with Crippen LogP contribution in [0.1, 0.15) is 197 Å². The number of ether oxygens (including phenoxy) is 4. The summed E-state index contributed by atoms with van der Waals surface area (Å²) in [6, 6.07) is 13.3. The summed E-state index contributed by atoms with van der Waals surface area (Å²) in [5.74, 6) is 0.869. The predicted molar refractivity (Wildman–Crippen MR) is 340 cm³/mol. The highest BCUT2D eigenvalue weighted by Gasteiger charge is 2.99. The lowest BCUT2D eigenvalue weighted by Gasteiger charge is -2.73. The number of Topliss-reactive ketones (excluding diaryl/α,β-unsaturated/α-hetero) is 1. The van der Waals surface area contributed by atoms with Crippen molar-refractivity contribution in [2.24, 2.45) is 121 Å². The average molecular weight is 1260 g/mol. The number of cyclic esters (lactones) is 2. The second kappa shape index (κ2) is 19.7. The van der Waals surface area contributed by atoms with E-state index < -0.39 is 80.7 Å². The molecule has 16 fully saturated rings. The molecule has 7 spiro atoms. The van der Waals surface area contributed by atoms with Crippen LogP contribution in [-0.2, 0) is 46.2 Å². The molecular weight excluding hydrogens is 1150 g/mol. The number of ketones is 1. The van der Waals surface area contributed by atoms with Crippen LogP contribution in [0.25, 0.3) is 0 Å². The van der Waals surface area contributed by atoms with Crippen molar-refractivity contribution in [2.45, 2.75) is 234 Å². The van der Waals surface area contributed by atoms with E-state index in [1.54, 1.807) is 6.26 Å². The fourth-order valence-electron chi connectivity index (χ4n) is 31.0.